The number of hydrogen-bond acceptors (Lipinski definition) is 2. The number of hydrogen-bond donors (Lipinski definition) is 0. The molecular weight excluding hydrogens is 224 g/mol. The fourth-order valence-corrected chi connectivity index (χ4v) is 5.60. The predicted octanol–water partition coefficient (Wildman–Crippen LogP) is 2.40. The minimum Gasteiger partial charge on any atom is -0.295 e. The highest BCUT2D eigenvalue weighted by atomic mass is 16.1. The van der Waals surface area contributed by atoms with Crippen molar-refractivity contribution < 1.29 is 9.59 Å². The fourth-order valence-electron chi connectivity index (χ4n) is 5.60. The summed E-state index contributed by atoms with van der Waals surface area (Å²) in [7, 11) is 0. The maximum absolute atomic E-state index is 12.2. The summed E-state index contributed by atoms with van der Waals surface area (Å²) in [5.41, 5.74) is 1.55. The van der Waals surface area contributed by atoms with Gasteiger partial charge in [-0.05, 0) is 42.7 Å². The first-order valence-electron chi connectivity index (χ1n) is 6.95. The molecule has 0 aliphatic heterocycles. The summed E-state index contributed by atoms with van der Waals surface area (Å²) < 4.78 is 0. The number of allylic oxidation sites excluding steroid dienone is 4. The van der Waals surface area contributed by atoms with E-state index in [0.717, 1.165) is 0 Å². The SMILES string of the molecule is CC1=CC23C1C1C(=O)C=CC(=O)C1C2C3C(C)C. The number of carbonyl (C=O) groups excluding carboxylic acids is 2. The van der Waals surface area contributed by atoms with Crippen LogP contribution in [0.2, 0.25) is 0 Å². The predicted molar refractivity (Wildman–Crippen MR) is 67.6 cm³/mol. The maximum atomic E-state index is 12.2. The van der Waals surface area contributed by atoms with Gasteiger partial charge in [-0.2, -0.15) is 0 Å². The molecule has 0 amide bonds. The molecule has 0 heterocycles. The van der Waals surface area contributed by atoms with Gasteiger partial charge in [-0.1, -0.05) is 25.5 Å². The van der Waals surface area contributed by atoms with Crippen LogP contribution in [-0.2, 0) is 9.59 Å². The minimum absolute atomic E-state index is 0.0198. The van der Waals surface area contributed by atoms with E-state index in [1.165, 1.54) is 17.7 Å². The van der Waals surface area contributed by atoms with E-state index in [-0.39, 0.29) is 28.8 Å². The Hall–Kier alpha value is -1.18. The quantitative estimate of drug-likeness (QED) is 0.662. The molecule has 2 heteroatoms. The third-order valence-corrected chi connectivity index (χ3v) is 5.86. The molecule has 4 aliphatic carbocycles. The molecule has 2 nitrogen and oxygen atoms in total. The van der Waals surface area contributed by atoms with Crippen LogP contribution in [0.15, 0.2) is 23.8 Å². The zero-order valence-electron chi connectivity index (χ0n) is 11.0. The Morgan fingerprint density at radius 1 is 1.11 bits per heavy atom. The van der Waals surface area contributed by atoms with Crippen molar-refractivity contribution in [3.8, 4) is 0 Å². The van der Waals surface area contributed by atoms with E-state index in [1.54, 1.807) is 0 Å². The number of ketones is 2. The van der Waals surface area contributed by atoms with Crippen molar-refractivity contribution in [2.75, 3.05) is 0 Å². The molecular formula is C16H18O2. The molecule has 0 aromatic rings. The van der Waals surface area contributed by atoms with Crippen molar-refractivity contribution >= 4 is 11.6 Å². The van der Waals surface area contributed by atoms with E-state index >= 15 is 0 Å². The largest absolute Gasteiger partial charge is 0.295 e. The van der Waals surface area contributed by atoms with Gasteiger partial charge in [-0.15, -0.1) is 0 Å². The van der Waals surface area contributed by atoms with Gasteiger partial charge in [-0.3, -0.25) is 9.59 Å². The van der Waals surface area contributed by atoms with Crippen LogP contribution in [0.3, 0.4) is 0 Å². The van der Waals surface area contributed by atoms with Crippen LogP contribution in [0.1, 0.15) is 20.8 Å². The fraction of sp³-hybridized carbons (Fsp3) is 0.625. The molecule has 0 bridgehead atoms. The molecule has 94 valence electrons. The van der Waals surface area contributed by atoms with Gasteiger partial charge in [0.15, 0.2) is 11.6 Å². The molecule has 4 aliphatic rings. The summed E-state index contributed by atoms with van der Waals surface area (Å²) in [6, 6.07) is 0. The molecule has 4 rings (SSSR count). The lowest BCUT2D eigenvalue weighted by Gasteiger charge is -2.40. The van der Waals surface area contributed by atoms with Crippen LogP contribution >= 0.6 is 0 Å². The van der Waals surface area contributed by atoms with E-state index in [1.807, 2.05) is 0 Å². The lowest BCUT2D eigenvalue weighted by molar-refractivity contribution is -0.130. The first-order chi connectivity index (χ1) is 8.50. The number of carbonyl (C=O) groups is 2. The molecule has 0 N–H and O–H groups in total. The summed E-state index contributed by atoms with van der Waals surface area (Å²) in [4.78, 5) is 24.3. The topological polar surface area (TPSA) is 34.1 Å². The summed E-state index contributed by atoms with van der Waals surface area (Å²) in [6.45, 7) is 6.62. The van der Waals surface area contributed by atoms with Crippen LogP contribution in [-0.4, -0.2) is 11.6 Å². The highest BCUT2D eigenvalue weighted by molar-refractivity contribution is 6.09. The molecule has 0 aromatic carbocycles. The third-order valence-electron chi connectivity index (χ3n) is 5.86. The second-order valence-electron chi connectivity index (χ2n) is 6.85. The second kappa shape index (κ2) is 2.87. The van der Waals surface area contributed by atoms with Gasteiger partial charge < -0.3 is 0 Å². The minimum atomic E-state index is -0.0347. The van der Waals surface area contributed by atoms with Crippen LogP contribution in [0.5, 0.6) is 0 Å². The number of fused-ring (bicyclic) bond motifs is 3. The van der Waals surface area contributed by atoms with Crippen molar-refractivity contribution in [3.05, 3.63) is 23.8 Å². The second-order valence-corrected chi connectivity index (χ2v) is 6.85. The molecule has 2 saturated carbocycles. The van der Waals surface area contributed by atoms with Gasteiger partial charge in [0.25, 0.3) is 0 Å². The first kappa shape index (κ1) is 10.7. The van der Waals surface area contributed by atoms with E-state index in [4.69, 9.17) is 0 Å². The van der Waals surface area contributed by atoms with Crippen molar-refractivity contribution in [2.45, 2.75) is 20.8 Å². The lowest BCUT2D eigenvalue weighted by atomic mass is 9.63. The average molecular weight is 242 g/mol. The van der Waals surface area contributed by atoms with Crippen molar-refractivity contribution in [3.63, 3.8) is 0 Å². The highest BCUT2D eigenvalue weighted by Gasteiger charge is 2.82. The van der Waals surface area contributed by atoms with E-state index in [0.29, 0.717) is 23.7 Å². The van der Waals surface area contributed by atoms with Crippen LogP contribution in [0.25, 0.3) is 0 Å². The van der Waals surface area contributed by atoms with Crippen LogP contribution < -0.4 is 0 Å². The monoisotopic (exact) mass is 242 g/mol. The van der Waals surface area contributed by atoms with Crippen molar-refractivity contribution in [1.29, 1.82) is 0 Å². The van der Waals surface area contributed by atoms with Crippen molar-refractivity contribution in [1.82, 2.24) is 0 Å². The highest BCUT2D eigenvalue weighted by Crippen LogP contribution is 2.83. The molecule has 0 radical (unpaired) electrons. The van der Waals surface area contributed by atoms with Gasteiger partial charge >= 0.3 is 0 Å². The molecule has 1 spiro atoms. The van der Waals surface area contributed by atoms with Gasteiger partial charge in [0.05, 0.1) is 0 Å². The van der Waals surface area contributed by atoms with Gasteiger partial charge in [0.2, 0.25) is 0 Å². The van der Waals surface area contributed by atoms with E-state index < -0.39 is 0 Å². The van der Waals surface area contributed by atoms with Crippen LogP contribution in [0, 0.1) is 40.9 Å². The molecule has 18 heavy (non-hydrogen) atoms. The van der Waals surface area contributed by atoms with Gasteiger partial charge in [0.1, 0.15) is 0 Å². The Morgan fingerprint density at radius 3 is 2.28 bits per heavy atom. The Bertz CT molecular complexity index is 539. The summed E-state index contributed by atoms with van der Waals surface area (Å²) in [5.74, 6) is 2.36. The Morgan fingerprint density at radius 2 is 1.72 bits per heavy atom. The zero-order chi connectivity index (χ0) is 12.8. The van der Waals surface area contributed by atoms with Crippen LogP contribution in [0.4, 0.5) is 0 Å². The summed E-state index contributed by atoms with van der Waals surface area (Å²) in [6.07, 6.45) is 5.40. The van der Waals surface area contributed by atoms with Gasteiger partial charge in [0, 0.05) is 17.3 Å². The molecule has 6 unspecified atom stereocenters. The third kappa shape index (κ3) is 0.877. The summed E-state index contributed by atoms with van der Waals surface area (Å²) in [5, 5.41) is 0. The molecule has 0 aromatic heterocycles. The van der Waals surface area contributed by atoms with Crippen molar-refractivity contribution in [2.24, 2.45) is 40.9 Å². The Kier molecular flexibility index (Phi) is 1.71. The molecule has 0 saturated heterocycles. The zero-order valence-corrected chi connectivity index (χ0v) is 11.0. The average Bonchev–Trinajstić information content (AvgIpc) is 2.88. The first-order valence-corrected chi connectivity index (χ1v) is 6.95. The normalized spacial score (nSPS) is 51.6. The lowest BCUT2D eigenvalue weighted by Crippen LogP contribution is -2.40. The smallest absolute Gasteiger partial charge is 0.160 e. The molecule has 2 fully saturated rings. The Balaban J connectivity index is 1.83. The molecule has 6 atom stereocenters. The van der Waals surface area contributed by atoms with E-state index in [2.05, 4.69) is 26.8 Å². The summed E-state index contributed by atoms with van der Waals surface area (Å²) >= 11 is 0. The number of rotatable bonds is 1. The standard InChI is InChI=1S/C16H18O2/c1-7(2)13-15-12-10(18)5-4-9(17)11(12)14-8(3)6-16(13,14)15/h4-7,11-15H,1-3H3. The maximum Gasteiger partial charge on any atom is 0.160 e. The van der Waals surface area contributed by atoms with E-state index in [9.17, 15) is 9.59 Å². The Labute approximate surface area is 107 Å². The van der Waals surface area contributed by atoms with Gasteiger partial charge in [-0.25, -0.2) is 0 Å².